The molecule has 0 unspecified atom stereocenters. The van der Waals surface area contributed by atoms with Gasteiger partial charge in [-0.15, -0.1) is 0 Å². The van der Waals surface area contributed by atoms with E-state index >= 15 is 0 Å². The third kappa shape index (κ3) is 1.72. The number of halogens is 1. The summed E-state index contributed by atoms with van der Waals surface area (Å²) in [6, 6.07) is 4.35. The van der Waals surface area contributed by atoms with Gasteiger partial charge in [0.1, 0.15) is 6.61 Å². The van der Waals surface area contributed by atoms with Crippen LogP contribution in [0.2, 0.25) is 0 Å². The molecule has 5 heteroatoms. The average Bonchev–Trinajstić information content (AvgIpc) is 2.65. The van der Waals surface area contributed by atoms with Gasteiger partial charge in [-0.2, -0.15) is 0 Å². The van der Waals surface area contributed by atoms with Gasteiger partial charge in [0.2, 0.25) is 0 Å². The van der Waals surface area contributed by atoms with Gasteiger partial charge in [-0.3, -0.25) is 0 Å². The van der Waals surface area contributed by atoms with E-state index in [9.17, 15) is 9.18 Å². The van der Waals surface area contributed by atoms with E-state index in [4.69, 9.17) is 9.47 Å². The molecular formula is C10H10FNO3. The molecule has 1 fully saturated rings. The number of carbonyl (C=O) groups is 1. The highest BCUT2D eigenvalue weighted by atomic mass is 19.1. The topological polar surface area (TPSA) is 47.6 Å². The van der Waals surface area contributed by atoms with E-state index in [1.807, 2.05) is 0 Å². The lowest BCUT2D eigenvalue weighted by Gasteiger charge is -2.11. The fourth-order valence-corrected chi connectivity index (χ4v) is 1.51. The molecule has 80 valence electrons. The summed E-state index contributed by atoms with van der Waals surface area (Å²) in [6.45, 7) is 0.142. The second-order valence-corrected chi connectivity index (χ2v) is 3.16. The van der Waals surface area contributed by atoms with Crippen molar-refractivity contribution in [3.63, 3.8) is 0 Å². The molecule has 0 aromatic heterocycles. The van der Waals surface area contributed by atoms with Crippen molar-refractivity contribution in [2.45, 2.75) is 6.04 Å². The Bertz CT molecular complexity index is 394. The van der Waals surface area contributed by atoms with Crippen LogP contribution in [0, 0.1) is 5.82 Å². The first-order valence-corrected chi connectivity index (χ1v) is 4.48. The lowest BCUT2D eigenvalue weighted by Crippen LogP contribution is -2.19. The molecule has 0 aliphatic carbocycles. The highest BCUT2D eigenvalue weighted by molar-refractivity contribution is 5.70. The molecule has 1 heterocycles. The van der Waals surface area contributed by atoms with Crippen LogP contribution in [0.4, 0.5) is 9.18 Å². The molecule has 1 atom stereocenters. The molecule has 1 N–H and O–H groups in total. The number of amides is 1. The molecule has 1 saturated heterocycles. The zero-order valence-corrected chi connectivity index (χ0v) is 8.12. The Kier molecular flexibility index (Phi) is 2.45. The SMILES string of the molecule is COc1cccc([C@H]2COC(=O)N2)c1F. The van der Waals surface area contributed by atoms with Crippen LogP contribution in [-0.2, 0) is 4.74 Å². The summed E-state index contributed by atoms with van der Waals surface area (Å²) < 4.78 is 23.3. The molecule has 0 saturated carbocycles. The van der Waals surface area contributed by atoms with Gasteiger partial charge >= 0.3 is 6.09 Å². The minimum absolute atomic E-state index is 0.142. The number of rotatable bonds is 2. The molecule has 0 radical (unpaired) electrons. The van der Waals surface area contributed by atoms with Gasteiger partial charge in [0.25, 0.3) is 0 Å². The summed E-state index contributed by atoms with van der Waals surface area (Å²) in [5.74, 6) is -0.301. The van der Waals surface area contributed by atoms with Crippen molar-refractivity contribution in [2.75, 3.05) is 13.7 Å². The Morgan fingerprint density at radius 2 is 2.40 bits per heavy atom. The molecule has 1 aliphatic rings. The Morgan fingerprint density at radius 1 is 1.60 bits per heavy atom. The van der Waals surface area contributed by atoms with Crippen LogP contribution >= 0.6 is 0 Å². The van der Waals surface area contributed by atoms with Crippen molar-refractivity contribution >= 4 is 6.09 Å². The Balaban J connectivity index is 2.32. The number of ether oxygens (including phenoxy) is 2. The van der Waals surface area contributed by atoms with Crippen LogP contribution in [0.1, 0.15) is 11.6 Å². The second kappa shape index (κ2) is 3.76. The summed E-state index contributed by atoms with van der Waals surface area (Å²) in [4.78, 5) is 10.8. The number of benzene rings is 1. The van der Waals surface area contributed by atoms with Gasteiger partial charge in [-0.05, 0) is 6.07 Å². The number of carbonyl (C=O) groups excluding carboxylic acids is 1. The van der Waals surface area contributed by atoms with E-state index in [2.05, 4.69) is 5.32 Å². The van der Waals surface area contributed by atoms with Crippen molar-refractivity contribution in [3.8, 4) is 5.75 Å². The quantitative estimate of drug-likeness (QED) is 0.808. The van der Waals surface area contributed by atoms with Crippen molar-refractivity contribution in [3.05, 3.63) is 29.6 Å². The van der Waals surface area contributed by atoms with E-state index in [1.54, 1.807) is 12.1 Å². The van der Waals surface area contributed by atoms with E-state index in [1.165, 1.54) is 13.2 Å². The standard InChI is InChI=1S/C10H10FNO3/c1-14-8-4-2-3-6(9(8)11)7-5-15-10(13)12-7/h2-4,7H,5H2,1H3,(H,12,13)/t7-/m1/s1. The fraction of sp³-hybridized carbons (Fsp3) is 0.300. The Hall–Kier alpha value is -1.78. The second-order valence-electron chi connectivity index (χ2n) is 3.16. The van der Waals surface area contributed by atoms with Gasteiger partial charge in [0.05, 0.1) is 13.2 Å². The predicted octanol–water partition coefficient (Wildman–Crippen LogP) is 1.62. The fourth-order valence-electron chi connectivity index (χ4n) is 1.51. The first kappa shape index (κ1) is 9.76. The van der Waals surface area contributed by atoms with Gasteiger partial charge in [0, 0.05) is 5.56 Å². The van der Waals surface area contributed by atoms with Crippen LogP contribution in [0.15, 0.2) is 18.2 Å². The van der Waals surface area contributed by atoms with E-state index in [-0.39, 0.29) is 12.4 Å². The summed E-state index contributed by atoms with van der Waals surface area (Å²) >= 11 is 0. The Labute approximate surface area is 86.0 Å². The first-order chi connectivity index (χ1) is 7.22. The van der Waals surface area contributed by atoms with E-state index in [0.29, 0.717) is 5.56 Å². The zero-order valence-electron chi connectivity index (χ0n) is 8.12. The number of cyclic esters (lactones) is 1. The smallest absolute Gasteiger partial charge is 0.407 e. The first-order valence-electron chi connectivity index (χ1n) is 4.48. The highest BCUT2D eigenvalue weighted by Gasteiger charge is 2.27. The molecule has 1 aromatic rings. The van der Waals surface area contributed by atoms with Crippen LogP contribution in [0.25, 0.3) is 0 Å². The highest BCUT2D eigenvalue weighted by Crippen LogP contribution is 2.26. The molecule has 2 rings (SSSR count). The van der Waals surface area contributed by atoms with Crippen LogP contribution < -0.4 is 10.1 Å². The number of hydrogen-bond acceptors (Lipinski definition) is 3. The van der Waals surface area contributed by atoms with Crippen LogP contribution in [-0.4, -0.2) is 19.8 Å². The van der Waals surface area contributed by atoms with Crippen LogP contribution in [0.5, 0.6) is 5.75 Å². The van der Waals surface area contributed by atoms with Crippen molar-refractivity contribution in [2.24, 2.45) is 0 Å². The van der Waals surface area contributed by atoms with Crippen molar-refractivity contribution < 1.29 is 18.7 Å². The maximum atomic E-state index is 13.7. The summed E-state index contributed by atoms with van der Waals surface area (Å²) in [6.07, 6.45) is -0.526. The summed E-state index contributed by atoms with van der Waals surface area (Å²) in [7, 11) is 1.39. The lowest BCUT2D eigenvalue weighted by atomic mass is 10.1. The molecule has 0 bridgehead atoms. The average molecular weight is 211 g/mol. The van der Waals surface area contributed by atoms with Gasteiger partial charge in [-0.25, -0.2) is 9.18 Å². The minimum Gasteiger partial charge on any atom is -0.494 e. The summed E-state index contributed by atoms with van der Waals surface area (Å²) in [5.41, 5.74) is 0.375. The van der Waals surface area contributed by atoms with Gasteiger partial charge < -0.3 is 14.8 Å². The molecule has 1 aliphatic heterocycles. The lowest BCUT2D eigenvalue weighted by molar-refractivity contribution is 0.176. The molecule has 15 heavy (non-hydrogen) atoms. The molecule has 1 amide bonds. The number of nitrogens with one attached hydrogen (secondary N) is 1. The maximum Gasteiger partial charge on any atom is 0.407 e. The van der Waals surface area contributed by atoms with Crippen LogP contribution in [0.3, 0.4) is 0 Å². The third-order valence-corrected chi connectivity index (χ3v) is 2.26. The van der Waals surface area contributed by atoms with Gasteiger partial charge in [-0.1, -0.05) is 12.1 Å². The summed E-state index contributed by atoms with van der Waals surface area (Å²) in [5, 5.41) is 2.51. The number of alkyl carbamates (subject to hydrolysis) is 1. The maximum absolute atomic E-state index is 13.7. The van der Waals surface area contributed by atoms with E-state index < -0.39 is 18.0 Å². The minimum atomic E-state index is -0.526. The zero-order chi connectivity index (χ0) is 10.8. The number of methoxy groups -OCH3 is 1. The predicted molar refractivity (Wildman–Crippen MR) is 50.2 cm³/mol. The van der Waals surface area contributed by atoms with Crippen molar-refractivity contribution in [1.82, 2.24) is 5.32 Å². The molecule has 4 nitrogen and oxygen atoms in total. The van der Waals surface area contributed by atoms with Gasteiger partial charge in [0.15, 0.2) is 11.6 Å². The molecule has 1 aromatic carbocycles. The third-order valence-electron chi connectivity index (χ3n) is 2.26. The van der Waals surface area contributed by atoms with Crippen molar-refractivity contribution in [1.29, 1.82) is 0 Å². The molecule has 0 spiro atoms. The largest absolute Gasteiger partial charge is 0.494 e. The monoisotopic (exact) mass is 211 g/mol. The Morgan fingerprint density at radius 3 is 3.00 bits per heavy atom. The molecular weight excluding hydrogens is 201 g/mol. The normalized spacial score (nSPS) is 19.6. The number of hydrogen-bond donors (Lipinski definition) is 1. The van der Waals surface area contributed by atoms with E-state index in [0.717, 1.165) is 0 Å².